The van der Waals surface area contributed by atoms with Crippen LogP contribution in [0.5, 0.6) is 5.75 Å². The van der Waals surface area contributed by atoms with Crippen molar-refractivity contribution >= 4 is 36.1 Å². The van der Waals surface area contributed by atoms with Crippen molar-refractivity contribution in [1.29, 1.82) is 0 Å². The smallest absolute Gasteiger partial charge is 0.332 e. The van der Waals surface area contributed by atoms with Crippen LogP contribution in [0.2, 0.25) is 25.7 Å². The van der Waals surface area contributed by atoms with Crippen LogP contribution in [0.15, 0.2) is 73.0 Å². The van der Waals surface area contributed by atoms with Gasteiger partial charge in [-0.3, -0.25) is 5.10 Å². The molecule has 0 saturated heterocycles. The number of aromatic amines is 1. The lowest BCUT2D eigenvalue weighted by Crippen LogP contribution is -2.37. The second-order valence-corrected chi connectivity index (χ2v) is 16.9. The fraction of sp³-hybridized carbons (Fsp3) is 0.240. The van der Waals surface area contributed by atoms with Crippen molar-refractivity contribution in [1.82, 2.24) is 14.5 Å². The van der Waals surface area contributed by atoms with Crippen LogP contribution in [0.1, 0.15) is 16.7 Å². The van der Waals surface area contributed by atoms with Crippen LogP contribution in [0.4, 0.5) is 5.69 Å². The quantitative estimate of drug-likeness (QED) is 0.385. The lowest BCUT2D eigenvalue weighted by atomic mass is 10.1. The van der Waals surface area contributed by atoms with E-state index in [2.05, 4.69) is 29.8 Å². The van der Waals surface area contributed by atoms with Crippen LogP contribution >= 0.6 is 0 Å². The summed E-state index contributed by atoms with van der Waals surface area (Å²) >= 11 is 0. The molecule has 35 heavy (non-hydrogen) atoms. The molecule has 1 aromatic heterocycles. The largest absolute Gasteiger partial charge is 0.493 e. The Labute approximate surface area is 207 Å². The Hall–Kier alpha value is -3.50. The zero-order valence-electron chi connectivity index (χ0n) is 20.0. The van der Waals surface area contributed by atoms with Gasteiger partial charge in [-0.1, -0.05) is 68.2 Å². The van der Waals surface area contributed by atoms with Crippen molar-refractivity contribution in [2.75, 3.05) is 10.8 Å². The summed E-state index contributed by atoms with van der Waals surface area (Å²) in [5.74, 6) is 0.101. The maximum absolute atomic E-state index is 13.4. The van der Waals surface area contributed by atoms with Crippen molar-refractivity contribution < 1.29 is 18.3 Å². The van der Waals surface area contributed by atoms with Gasteiger partial charge in [0.15, 0.2) is 0 Å². The molecule has 10 heteroatoms. The standard InChI is InChI=1S/C25H30N4O4SSi/c1-35(2,3)14-13-28-25(30)18-29(34(28,31)32)23-12-11-20(9-10-22-16-26-27-17-22)15-24(23)33-19-21-7-5-4-6-8-21/h4-12,15-18,30H,13-14,19H2,1-3H3,(H,26,27). The van der Waals surface area contributed by atoms with E-state index in [4.69, 9.17) is 4.74 Å². The molecule has 0 fully saturated rings. The minimum atomic E-state index is -3.98. The van der Waals surface area contributed by atoms with Gasteiger partial charge in [0.1, 0.15) is 18.0 Å². The molecule has 3 aromatic rings. The number of aromatic nitrogens is 2. The summed E-state index contributed by atoms with van der Waals surface area (Å²) in [4.78, 5) is 0. The molecule has 0 amide bonds. The van der Waals surface area contributed by atoms with Crippen LogP contribution in [-0.4, -0.2) is 42.6 Å². The van der Waals surface area contributed by atoms with E-state index in [1.165, 1.54) is 6.20 Å². The lowest BCUT2D eigenvalue weighted by Gasteiger charge is -2.25. The van der Waals surface area contributed by atoms with E-state index in [0.717, 1.165) is 31.3 Å². The molecule has 184 valence electrons. The summed E-state index contributed by atoms with van der Waals surface area (Å²) in [5.41, 5.74) is 3.04. The molecule has 0 radical (unpaired) electrons. The zero-order chi connectivity index (χ0) is 25.1. The van der Waals surface area contributed by atoms with E-state index in [9.17, 15) is 13.5 Å². The number of rotatable bonds is 9. The molecular weight excluding hydrogens is 480 g/mol. The minimum Gasteiger partial charge on any atom is -0.493 e. The first kappa shape index (κ1) is 24.6. The Bertz CT molecular complexity index is 1320. The lowest BCUT2D eigenvalue weighted by molar-refractivity contribution is 0.294. The van der Waals surface area contributed by atoms with Crippen molar-refractivity contribution in [2.24, 2.45) is 0 Å². The molecule has 1 aliphatic rings. The number of hydrogen-bond acceptors (Lipinski definition) is 5. The summed E-state index contributed by atoms with van der Waals surface area (Å²) in [7, 11) is -5.50. The number of aliphatic hydroxyl groups excluding tert-OH is 1. The number of H-pyrrole nitrogens is 1. The first-order valence-corrected chi connectivity index (χ1v) is 16.4. The van der Waals surface area contributed by atoms with Crippen LogP contribution in [-0.2, 0) is 16.8 Å². The molecule has 1 aliphatic heterocycles. The topological polar surface area (TPSA) is 98.8 Å². The summed E-state index contributed by atoms with van der Waals surface area (Å²) in [6, 6.07) is 15.7. The van der Waals surface area contributed by atoms with Gasteiger partial charge in [-0.05, 0) is 29.3 Å². The molecule has 0 bridgehead atoms. The van der Waals surface area contributed by atoms with Crippen molar-refractivity contribution in [3.05, 3.63) is 89.7 Å². The molecule has 0 spiro atoms. The Morgan fingerprint density at radius 3 is 2.51 bits per heavy atom. The number of benzene rings is 2. The fourth-order valence-electron chi connectivity index (χ4n) is 3.53. The SMILES string of the molecule is C[Si](C)(C)CCN1C(O)=CN(c2ccc(C=Cc3cn[nH]c3)cc2OCc2ccccc2)S1(=O)=O. The highest BCUT2D eigenvalue weighted by Crippen LogP contribution is 2.38. The van der Waals surface area contributed by atoms with Crippen molar-refractivity contribution in [3.63, 3.8) is 0 Å². The Morgan fingerprint density at radius 2 is 1.83 bits per heavy atom. The van der Waals surface area contributed by atoms with Gasteiger partial charge in [-0.2, -0.15) is 13.5 Å². The Balaban J connectivity index is 1.66. The van der Waals surface area contributed by atoms with Gasteiger partial charge >= 0.3 is 10.2 Å². The first-order valence-electron chi connectivity index (χ1n) is 11.3. The summed E-state index contributed by atoms with van der Waals surface area (Å²) < 4.78 is 35.0. The summed E-state index contributed by atoms with van der Waals surface area (Å²) in [5, 5.41) is 17.2. The van der Waals surface area contributed by atoms with Crippen LogP contribution in [0.25, 0.3) is 12.2 Å². The third-order valence-corrected chi connectivity index (χ3v) is 8.98. The molecule has 0 aliphatic carbocycles. The van der Waals surface area contributed by atoms with Gasteiger partial charge in [0.05, 0.1) is 12.4 Å². The van der Waals surface area contributed by atoms with Crippen LogP contribution in [0, 0.1) is 0 Å². The molecular formula is C25H30N4O4SSi. The molecule has 4 rings (SSSR count). The average molecular weight is 511 g/mol. The molecule has 2 aromatic carbocycles. The molecule has 0 unspecified atom stereocenters. The molecule has 2 heterocycles. The minimum absolute atomic E-state index is 0.239. The molecule has 8 nitrogen and oxygen atoms in total. The highest BCUT2D eigenvalue weighted by molar-refractivity contribution is 7.91. The van der Waals surface area contributed by atoms with E-state index in [-0.39, 0.29) is 19.0 Å². The van der Waals surface area contributed by atoms with E-state index in [1.54, 1.807) is 24.5 Å². The van der Waals surface area contributed by atoms with E-state index in [0.29, 0.717) is 11.4 Å². The number of nitrogens with zero attached hydrogens (tertiary/aromatic N) is 3. The number of ether oxygens (including phenoxy) is 1. The fourth-order valence-corrected chi connectivity index (χ4v) is 6.03. The molecule has 2 N–H and O–H groups in total. The number of hydrogen-bond donors (Lipinski definition) is 2. The number of aliphatic hydroxyl groups is 1. The van der Waals surface area contributed by atoms with E-state index in [1.807, 2.05) is 48.6 Å². The predicted molar refractivity (Wildman–Crippen MR) is 142 cm³/mol. The van der Waals surface area contributed by atoms with Crippen molar-refractivity contribution in [2.45, 2.75) is 32.3 Å². The van der Waals surface area contributed by atoms with Gasteiger partial charge in [-0.15, -0.1) is 0 Å². The van der Waals surface area contributed by atoms with E-state index < -0.39 is 18.3 Å². The average Bonchev–Trinajstić information content (AvgIpc) is 3.41. The summed E-state index contributed by atoms with van der Waals surface area (Å²) in [6.45, 7) is 7.01. The van der Waals surface area contributed by atoms with Crippen LogP contribution in [0.3, 0.4) is 0 Å². The van der Waals surface area contributed by atoms with Crippen molar-refractivity contribution in [3.8, 4) is 5.75 Å². The highest BCUT2D eigenvalue weighted by Gasteiger charge is 2.39. The van der Waals surface area contributed by atoms with Gasteiger partial charge in [0.25, 0.3) is 0 Å². The second-order valence-electron chi connectivity index (χ2n) is 9.54. The van der Waals surface area contributed by atoms with Gasteiger partial charge in [0, 0.05) is 26.4 Å². The monoisotopic (exact) mass is 510 g/mol. The summed E-state index contributed by atoms with van der Waals surface area (Å²) in [6.07, 6.45) is 8.52. The van der Waals surface area contributed by atoms with Gasteiger partial charge in [0.2, 0.25) is 5.88 Å². The highest BCUT2D eigenvalue weighted by atomic mass is 32.2. The maximum Gasteiger partial charge on any atom is 0.332 e. The molecule has 0 saturated carbocycles. The second kappa shape index (κ2) is 10.0. The number of nitrogens with one attached hydrogen (secondary N) is 1. The van der Waals surface area contributed by atoms with Gasteiger partial charge in [-0.25, -0.2) is 8.61 Å². The molecule has 0 atom stereocenters. The first-order chi connectivity index (χ1) is 16.6. The van der Waals surface area contributed by atoms with Crippen LogP contribution < -0.4 is 9.04 Å². The Kier molecular flexibility index (Phi) is 7.04. The number of anilines is 1. The third-order valence-electron chi connectivity index (χ3n) is 5.53. The maximum atomic E-state index is 13.4. The predicted octanol–water partition coefficient (Wildman–Crippen LogP) is 5.22. The zero-order valence-corrected chi connectivity index (χ0v) is 21.9. The van der Waals surface area contributed by atoms with E-state index >= 15 is 0 Å². The Morgan fingerprint density at radius 1 is 1.09 bits per heavy atom. The normalized spacial score (nSPS) is 15.6. The third kappa shape index (κ3) is 5.95. The van der Waals surface area contributed by atoms with Gasteiger partial charge < -0.3 is 9.84 Å².